The molecular formula is C13H15FN4O2. The van der Waals surface area contributed by atoms with Gasteiger partial charge in [0, 0.05) is 20.0 Å². The molecule has 0 radical (unpaired) electrons. The molecule has 2 rings (SSSR count). The predicted octanol–water partition coefficient (Wildman–Crippen LogP) is 0.874. The number of aliphatic imine (C=N–C) groups is 2. The lowest BCUT2D eigenvalue weighted by molar-refractivity contribution is -0.140. The molecule has 1 aromatic rings. The minimum absolute atomic E-state index is 0.0724. The summed E-state index contributed by atoms with van der Waals surface area (Å²) in [6.45, 7) is 0.627. The van der Waals surface area contributed by atoms with Crippen LogP contribution in [0.15, 0.2) is 28.3 Å². The zero-order chi connectivity index (χ0) is 14.5. The summed E-state index contributed by atoms with van der Waals surface area (Å²) < 4.78 is 17.5. The molecule has 0 fully saturated rings. The molecule has 20 heavy (non-hydrogen) atoms. The second-order valence-corrected chi connectivity index (χ2v) is 4.28. The maximum atomic E-state index is 12.9. The number of carbonyl (C=O) groups excluding carboxylic acids is 1. The van der Waals surface area contributed by atoms with E-state index in [0.29, 0.717) is 24.6 Å². The molecule has 7 heteroatoms. The number of hydrogen-bond donors (Lipinski definition) is 0. The number of pyridine rings is 1. The van der Waals surface area contributed by atoms with E-state index in [4.69, 9.17) is 0 Å². The fraction of sp³-hybridized carbons (Fsp3) is 0.385. The highest BCUT2D eigenvalue weighted by Crippen LogP contribution is 2.09. The van der Waals surface area contributed by atoms with E-state index >= 15 is 0 Å². The Labute approximate surface area is 116 Å². The quantitative estimate of drug-likeness (QED) is 0.770. The Bertz CT molecular complexity index is 554. The molecule has 0 N–H and O–H groups in total. The summed E-state index contributed by atoms with van der Waals surface area (Å²) in [5, 5.41) is 0. The van der Waals surface area contributed by atoms with Gasteiger partial charge < -0.3 is 9.64 Å². The third-order valence-corrected chi connectivity index (χ3v) is 2.80. The van der Waals surface area contributed by atoms with E-state index in [1.165, 1.54) is 13.2 Å². The SMILES string of the molecule is COC(=O)CN(C)C1=NCCC(c2ccc(F)cn2)=N1. The summed E-state index contributed by atoms with van der Waals surface area (Å²) in [6, 6.07) is 2.92. The van der Waals surface area contributed by atoms with Crippen LogP contribution in [0.4, 0.5) is 4.39 Å². The largest absolute Gasteiger partial charge is 0.468 e. The number of halogens is 1. The van der Waals surface area contributed by atoms with Crippen molar-refractivity contribution in [3.63, 3.8) is 0 Å². The first-order valence-electron chi connectivity index (χ1n) is 6.12. The lowest BCUT2D eigenvalue weighted by atomic mass is 10.1. The highest BCUT2D eigenvalue weighted by atomic mass is 19.1. The monoisotopic (exact) mass is 278 g/mol. The highest BCUT2D eigenvalue weighted by molar-refractivity contribution is 6.07. The second kappa shape index (κ2) is 6.23. The van der Waals surface area contributed by atoms with Crippen LogP contribution in [-0.4, -0.2) is 54.8 Å². The van der Waals surface area contributed by atoms with Gasteiger partial charge in [0.15, 0.2) is 0 Å². The molecule has 0 atom stereocenters. The number of methoxy groups -OCH3 is 1. The third kappa shape index (κ3) is 3.37. The van der Waals surface area contributed by atoms with Crippen molar-refractivity contribution >= 4 is 17.6 Å². The molecule has 6 nitrogen and oxygen atoms in total. The Hall–Kier alpha value is -2.31. The average molecular weight is 278 g/mol. The molecule has 0 saturated heterocycles. The molecule has 2 heterocycles. The first kappa shape index (κ1) is 14.1. The summed E-state index contributed by atoms with van der Waals surface area (Å²) in [5.41, 5.74) is 1.34. The van der Waals surface area contributed by atoms with Crippen molar-refractivity contribution in [1.29, 1.82) is 0 Å². The van der Waals surface area contributed by atoms with E-state index < -0.39 is 0 Å². The van der Waals surface area contributed by atoms with Gasteiger partial charge in [0.2, 0.25) is 5.96 Å². The van der Waals surface area contributed by atoms with Crippen molar-refractivity contribution in [2.75, 3.05) is 27.2 Å². The van der Waals surface area contributed by atoms with Crippen LogP contribution < -0.4 is 0 Å². The van der Waals surface area contributed by atoms with Crippen molar-refractivity contribution in [2.24, 2.45) is 9.98 Å². The van der Waals surface area contributed by atoms with Gasteiger partial charge in [0.25, 0.3) is 0 Å². The number of likely N-dealkylation sites (N-methyl/N-ethyl adjacent to an activating group) is 1. The number of esters is 1. The van der Waals surface area contributed by atoms with Crippen LogP contribution in [0.3, 0.4) is 0 Å². The molecule has 0 saturated carbocycles. The predicted molar refractivity (Wildman–Crippen MR) is 72.3 cm³/mol. The molecule has 0 bridgehead atoms. The van der Waals surface area contributed by atoms with Gasteiger partial charge in [0.05, 0.1) is 24.7 Å². The second-order valence-electron chi connectivity index (χ2n) is 4.28. The van der Waals surface area contributed by atoms with Gasteiger partial charge in [-0.25, -0.2) is 9.38 Å². The van der Waals surface area contributed by atoms with Crippen molar-refractivity contribution in [3.8, 4) is 0 Å². The van der Waals surface area contributed by atoms with E-state index in [2.05, 4.69) is 19.7 Å². The van der Waals surface area contributed by atoms with Crippen LogP contribution in [0.2, 0.25) is 0 Å². The summed E-state index contributed by atoms with van der Waals surface area (Å²) in [7, 11) is 3.04. The van der Waals surface area contributed by atoms with Crippen molar-refractivity contribution in [2.45, 2.75) is 6.42 Å². The topological polar surface area (TPSA) is 67.2 Å². The Kier molecular flexibility index (Phi) is 4.39. The van der Waals surface area contributed by atoms with Crippen LogP contribution in [0.25, 0.3) is 0 Å². The Morgan fingerprint density at radius 2 is 2.30 bits per heavy atom. The number of ether oxygens (including phenoxy) is 1. The number of hydrogen-bond acceptors (Lipinski definition) is 6. The minimum Gasteiger partial charge on any atom is -0.468 e. The van der Waals surface area contributed by atoms with E-state index in [-0.39, 0.29) is 18.3 Å². The summed E-state index contributed by atoms with van der Waals surface area (Å²) in [5.74, 6) is -0.304. The van der Waals surface area contributed by atoms with Gasteiger partial charge in [-0.1, -0.05) is 0 Å². The van der Waals surface area contributed by atoms with E-state index in [1.807, 2.05) is 0 Å². The number of guanidine groups is 1. The highest BCUT2D eigenvalue weighted by Gasteiger charge is 2.16. The van der Waals surface area contributed by atoms with Gasteiger partial charge in [0.1, 0.15) is 12.4 Å². The van der Waals surface area contributed by atoms with Crippen LogP contribution >= 0.6 is 0 Å². The first-order chi connectivity index (χ1) is 9.60. The van der Waals surface area contributed by atoms with E-state index in [9.17, 15) is 9.18 Å². The fourth-order valence-electron chi connectivity index (χ4n) is 1.74. The Morgan fingerprint density at radius 1 is 1.50 bits per heavy atom. The standard InChI is InChI=1S/C13H15FN4O2/c1-18(8-12(19)20-2)13-15-6-5-11(17-13)10-4-3-9(14)7-16-10/h3-4,7H,5-6,8H2,1-2H3. The van der Waals surface area contributed by atoms with Gasteiger partial charge in [-0.3, -0.25) is 14.8 Å². The maximum Gasteiger partial charge on any atom is 0.325 e. The molecule has 0 spiro atoms. The molecule has 0 unspecified atom stereocenters. The molecule has 0 aromatic carbocycles. The third-order valence-electron chi connectivity index (χ3n) is 2.80. The summed E-state index contributed by atoms with van der Waals surface area (Å²) in [4.78, 5) is 25.5. The summed E-state index contributed by atoms with van der Waals surface area (Å²) >= 11 is 0. The number of carbonyl (C=O) groups is 1. The lowest BCUT2D eigenvalue weighted by Gasteiger charge is -2.20. The first-order valence-corrected chi connectivity index (χ1v) is 6.12. The maximum absolute atomic E-state index is 12.9. The normalized spacial score (nSPS) is 14.3. The smallest absolute Gasteiger partial charge is 0.325 e. The molecule has 106 valence electrons. The molecule has 1 aliphatic heterocycles. The molecule has 0 amide bonds. The zero-order valence-corrected chi connectivity index (χ0v) is 11.3. The Morgan fingerprint density at radius 3 is 2.95 bits per heavy atom. The van der Waals surface area contributed by atoms with E-state index in [0.717, 1.165) is 11.9 Å². The van der Waals surface area contributed by atoms with Gasteiger partial charge in [-0.05, 0) is 12.1 Å². The molecule has 1 aromatic heterocycles. The molecule has 0 aliphatic carbocycles. The van der Waals surface area contributed by atoms with Crippen LogP contribution in [0.5, 0.6) is 0 Å². The lowest BCUT2D eigenvalue weighted by Crippen LogP contribution is -2.34. The van der Waals surface area contributed by atoms with Gasteiger partial charge >= 0.3 is 5.97 Å². The van der Waals surface area contributed by atoms with Crippen LogP contribution in [0.1, 0.15) is 12.1 Å². The number of nitrogens with zero attached hydrogens (tertiary/aromatic N) is 4. The fourth-order valence-corrected chi connectivity index (χ4v) is 1.74. The number of rotatable bonds is 3. The van der Waals surface area contributed by atoms with Gasteiger partial charge in [-0.2, -0.15) is 0 Å². The molecular weight excluding hydrogens is 263 g/mol. The van der Waals surface area contributed by atoms with Crippen LogP contribution in [-0.2, 0) is 9.53 Å². The average Bonchev–Trinajstić information content (AvgIpc) is 2.48. The zero-order valence-electron chi connectivity index (χ0n) is 11.3. The van der Waals surface area contributed by atoms with Gasteiger partial charge in [-0.15, -0.1) is 0 Å². The molecule has 1 aliphatic rings. The van der Waals surface area contributed by atoms with Crippen molar-refractivity contribution < 1.29 is 13.9 Å². The van der Waals surface area contributed by atoms with Crippen molar-refractivity contribution in [3.05, 3.63) is 29.8 Å². The minimum atomic E-state index is -0.387. The number of aromatic nitrogens is 1. The van der Waals surface area contributed by atoms with Crippen LogP contribution in [0, 0.1) is 5.82 Å². The van der Waals surface area contributed by atoms with Crippen molar-refractivity contribution in [1.82, 2.24) is 9.88 Å². The summed E-state index contributed by atoms with van der Waals surface area (Å²) in [6.07, 6.45) is 1.79. The Balaban J connectivity index is 2.14. The van der Waals surface area contributed by atoms with E-state index in [1.54, 1.807) is 18.0 Å².